The van der Waals surface area contributed by atoms with Gasteiger partial charge in [0.1, 0.15) is 0 Å². The van der Waals surface area contributed by atoms with E-state index in [1.165, 1.54) is 5.56 Å². The van der Waals surface area contributed by atoms with Crippen LogP contribution in [-0.2, 0) is 4.43 Å². The Bertz CT molecular complexity index is 580. The molecule has 3 unspecified atom stereocenters. The lowest BCUT2D eigenvalue weighted by atomic mass is 10.0. The van der Waals surface area contributed by atoms with Crippen molar-refractivity contribution >= 4 is 24.1 Å². The van der Waals surface area contributed by atoms with E-state index in [1.807, 2.05) is 36.4 Å². The molecule has 0 amide bonds. The van der Waals surface area contributed by atoms with Gasteiger partial charge in [0.2, 0.25) is 0 Å². The third-order valence-electron chi connectivity index (χ3n) is 4.04. The maximum absolute atomic E-state index is 6.93. The van der Waals surface area contributed by atoms with Crippen molar-refractivity contribution in [1.29, 1.82) is 0 Å². The molecule has 0 aliphatic carbocycles. The van der Waals surface area contributed by atoms with Gasteiger partial charge in [-0.2, -0.15) is 0 Å². The molecule has 1 aliphatic heterocycles. The predicted octanol–water partition coefficient (Wildman–Crippen LogP) is 3.16. The van der Waals surface area contributed by atoms with E-state index in [0.29, 0.717) is 0 Å². The molecule has 1 fully saturated rings. The Hall–Kier alpha value is -1.13. The van der Waals surface area contributed by atoms with Gasteiger partial charge in [-0.05, 0) is 24.7 Å². The topological polar surface area (TPSA) is 12.5 Å². The molecule has 1 heterocycles. The normalized spacial score (nSPS) is 30.6. The number of hydrogen-bond acceptors (Lipinski definition) is 2. The summed E-state index contributed by atoms with van der Waals surface area (Å²) < 4.78 is 8.60. The number of likely N-dealkylation sites (N-methyl/N-ethyl adjacent to an activating group) is 1. The molecule has 20 heavy (non-hydrogen) atoms. The molecule has 3 atom stereocenters. The maximum atomic E-state index is 6.93. The first-order valence-electron chi connectivity index (χ1n) is 6.83. The summed E-state index contributed by atoms with van der Waals surface area (Å²) in [6.07, 6.45) is 0.0329. The zero-order valence-electron chi connectivity index (χ0n) is 11.7. The number of hydrogen-bond donors (Lipinski definition) is 0. The third kappa shape index (κ3) is 2.21. The molecule has 2 aromatic rings. The van der Waals surface area contributed by atoms with Gasteiger partial charge in [0.05, 0.1) is 6.10 Å². The Labute approximate surface area is 125 Å². The number of benzene rings is 2. The van der Waals surface area contributed by atoms with Crippen LogP contribution in [0.2, 0.25) is 0 Å². The minimum Gasteiger partial charge on any atom is -0.380 e. The van der Waals surface area contributed by atoms with E-state index in [9.17, 15) is 0 Å². The first kappa shape index (κ1) is 13.8. The zero-order chi connectivity index (χ0) is 14.2. The van der Waals surface area contributed by atoms with E-state index < -0.39 is 7.79 Å². The molecule has 0 radical (unpaired) electrons. The van der Waals surface area contributed by atoms with Crippen molar-refractivity contribution in [2.75, 3.05) is 7.05 Å². The molecule has 0 saturated carbocycles. The van der Waals surface area contributed by atoms with Crippen molar-refractivity contribution in [2.24, 2.45) is 0 Å². The minimum absolute atomic E-state index is 0.0329. The average Bonchev–Trinajstić information content (AvgIpc) is 2.75. The van der Waals surface area contributed by atoms with Gasteiger partial charge in [0, 0.05) is 6.04 Å². The largest absolute Gasteiger partial charge is 0.408 e. The minimum atomic E-state index is -2.57. The smallest absolute Gasteiger partial charge is 0.380 e. The van der Waals surface area contributed by atoms with Crippen LogP contribution in [0.25, 0.3) is 0 Å². The summed E-state index contributed by atoms with van der Waals surface area (Å²) >= 11 is 6.93. The molecule has 1 aliphatic rings. The third-order valence-corrected chi connectivity index (χ3v) is 8.69. The second-order valence-corrected chi connectivity index (χ2v) is 9.41. The lowest BCUT2D eigenvalue weighted by Gasteiger charge is -2.26. The lowest BCUT2D eigenvalue weighted by molar-refractivity contribution is 0.209. The maximum Gasteiger partial charge on any atom is 0.408 e. The van der Waals surface area contributed by atoms with Crippen LogP contribution in [0, 0.1) is 0 Å². The SMILES string of the molecule is CC1C(c2ccccc2)O[Si](Cl)(c2ccccc2)N1C. The molecule has 0 bridgehead atoms. The van der Waals surface area contributed by atoms with E-state index in [4.69, 9.17) is 15.5 Å². The van der Waals surface area contributed by atoms with Gasteiger partial charge in [0.15, 0.2) is 0 Å². The van der Waals surface area contributed by atoms with Gasteiger partial charge in [0.25, 0.3) is 0 Å². The van der Waals surface area contributed by atoms with Crippen LogP contribution in [-0.4, -0.2) is 25.4 Å². The molecular formula is C16H18ClNOSi. The van der Waals surface area contributed by atoms with Crippen molar-refractivity contribution < 1.29 is 4.43 Å². The average molecular weight is 304 g/mol. The van der Waals surface area contributed by atoms with E-state index in [2.05, 4.69) is 42.8 Å². The fraction of sp³-hybridized carbons (Fsp3) is 0.250. The van der Waals surface area contributed by atoms with Crippen molar-refractivity contribution in [3.8, 4) is 0 Å². The number of nitrogens with zero attached hydrogens (tertiary/aromatic N) is 1. The van der Waals surface area contributed by atoms with Gasteiger partial charge in [-0.15, -0.1) is 11.1 Å². The van der Waals surface area contributed by atoms with Crippen LogP contribution in [0.3, 0.4) is 0 Å². The Balaban J connectivity index is 1.97. The van der Waals surface area contributed by atoms with Crippen LogP contribution in [0.5, 0.6) is 0 Å². The second-order valence-electron chi connectivity index (χ2n) is 5.23. The van der Waals surface area contributed by atoms with Crippen LogP contribution in [0.1, 0.15) is 18.6 Å². The summed E-state index contributed by atoms with van der Waals surface area (Å²) in [4.78, 5) is 0. The summed E-state index contributed by atoms with van der Waals surface area (Å²) in [5.41, 5.74) is 1.19. The Morgan fingerprint density at radius 2 is 1.55 bits per heavy atom. The first-order chi connectivity index (χ1) is 9.63. The van der Waals surface area contributed by atoms with E-state index in [1.54, 1.807) is 0 Å². The van der Waals surface area contributed by atoms with Crippen LogP contribution < -0.4 is 5.19 Å². The van der Waals surface area contributed by atoms with E-state index >= 15 is 0 Å². The number of halogens is 1. The first-order valence-corrected chi connectivity index (χ1v) is 9.70. The highest BCUT2D eigenvalue weighted by Crippen LogP contribution is 2.38. The molecule has 104 valence electrons. The van der Waals surface area contributed by atoms with Crippen molar-refractivity contribution in [2.45, 2.75) is 19.1 Å². The monoisotopic (exact) mass is 303 g/mol. The molecule has 3 rings (SSSR count). The highest BCUT2D eigenvalue weighted by molar-refractivity contribution is 7.22. The fourth-order valence-corrected chi connectivity index (χ4v) is 6.49. The Morgan fingerprint density at radius 3 is 2.15 bits per heavy atom. The van der Waals surface area contributed by atoms with Crippen LogP contribution >= 0.6 is 11.1 Å². The molecule has 0 N–H and O–H groups in total. The van der Waals surface area contributed by atoms with Gasteiger partial charge in [-0.1, -0.05) is 60.7 Å². The quantitative estimate of drug-likeness (QED) is 0.624. The summed E-state index contributed by atoms with van der Waals surface area (Å²) in [5, 5.41) is 1.11. The molecule has 4 heteroatoms. The van der Waals surface area contributed by atoms with Crippen LogP contribution in [0.15, 0.2) is 60.7 Å². The molecule has 2 aromatic carbocycles. The van der Waals surface area contributed by atoms with Gasteiger partial charge in [-0.25, -0.2) is 0 Å². The summed E-state index contributed by atoms with van der Waals surface area (Å²) in [6, 6.07) is 20.8. The molecule has 2 nitrogen and oxygen atoms in total. The molecule has 0 spiro atoms. The summed E-state index contributed by atoms with van der Waals surface area (Å²) in [6.45, 7) is 2.18. The predicted molar refractivity (Wildman–Crippen MR) is 85.2 cm³/mol. The lowest BCUT2D eigenvalue weighted by Crippen LogP contribution is -2.55. The number of rotatable bonds is 2. The van der Waals surface area contributed by atoms with Gasteiger partial charge >= 0.3 is 7.79 Å². The van der Waals surface area contributed by atoms with E-state index in [0.717, 1.165) is 5.19 Å². The van der Waals surface area contributed by atoms with Gasteiger partial charge < -0.3 is 4.43 Å². The standard InChI is InChI=1S/C16H18ClNOSi/c1-13-16(14-9-5-3-6-10-14)19-20(17,18(13)2)15-11-7-4-8-12-15/h3-13,16H,1-2H3. The van der Waals surface area contributed by atoms with Gasteiger partial charge in [-0.3, -0.25) is 4.57 Å². The molecule has 0 aromatic heterocycles. The summed E-state index contributed by atoms with van der Waals surface area (Å²) in [7, 11) is -0.500. The van der Waals surface area contributed by atoms with E-state index in [-0.39, 0.29) is 12.1 Å². The molecular weight excluding hydrogens is 286 g/mol. The zero-order valence-corrected chi connectivity index (χ0v) is 13.4. The highest BCUT2D eigenvalue weighted by Gasteiger charge is 2.53. The van der Waals surface area contributed by atoms with Crippen molar-refractivity contribution in [1.82, 2.24) is 4.57 Å². The van der Waals surface area contributed by atoms with Crippen LogP contribution in [0.4, 0.5) is 0 Å². The molecule has 1 saturated heterocycles. The fourth-order valence-electron chi connectivity index (χ4n) is 2.72. The highest BCUT2D eigenvalue weighted by atomic mass is 35.6. The van der Waals surface area contributed by atoms with Crippen molar-refractivity contribution in [3.63, 3.8) is 0 Å². The Kier molecular flexibility index (Phi) is 3.69. The second kappa shape index (κ2) is 5.33. The Morgan fingerprint density at radius 1 is 1.00 bits per heavy atom. The summed E-state index contributed by atoms with van der Waals surface area (Å²) in [5.74, 6) is 0. The van der Waals surface area contributed by atoms with Crippen molar-refractivity contribution in [3.05, 3.63) is 66.2 Å².